The molecule has 1 atom stereocenters. The van der Waals surface area contributed by atoms with Crippen molar-refractivity contribution in [2.24, 2.45) is 0 Å². The molecule has 0 bridgehead atoms. The van der Waals surface area contributed by atoms with Gasteiger partial charge in [-0.15, -0.1) is 0 Å². The van der Waals surface area contributed by atoms with Gasteiger partial charge in [-0.25, -0.2) is 0 Å². The SMILES string of the molecule is CCCCC(n1c2ccccc2c2ccccc21)[N+](C)(C)C. The monoisotopic (exact) mass is 295 g/mol. The Morgan fingerprint density at radius 3 is 1.82 bits per heavy atom. The van der Waals surface area contributed by atoms with Gasteiger partial charge in [0.15, 0.2) is 6.17 Å². The smallest absolute Gasteiger partial charge is 0.168 e. The Labute approximate surface area is 133 Å². The molecule has 2 aromatic carbocycles. The van der Waals surface area contributed by atoms with Gasteiger partial charge in [0, 0.05) is 17.2 Å². The number of unbranched alkanes of at least 4 members (excludes halogenated alkanes) is 1. The van der Waals surface area contributed by atoms with Crippen LogP contribution >= 0.6 is 0 Å². The van der Waals surface area contributed by atoms with Crippen LogP contribution in [0.25, 0.3) is 21.8 Å². The van der Waals surface area contributed by atoms with Crippen molar-refractivity contribution in [1.29, 1.82) is 0 Å². The van der Waals surface area contributed by atoms with E-state index in [0.29, 0.717) is 6.17 Å². The minimum absolute atomic E-state index is 0.463. The molecule has 2 heteroatoms. The summed E-state index contributed by atoms with van der Waals surface area (Å²) in [5.41, 5.74) is 2.72. The third-order valence-electron chi connectivity index (χ3n) is 4.63. The lowest BCUT2D eigenvalue weighted by molar-refractivity contribution is -0.912. The minimum Gasteiger partial charge on any atom is -0.311 e. The van der Waals surface area contributed by atoms with Crippen LogP contribution in [0.3, 0.4) is 0 Å². The fraction of sp³-hybridized carbons (Fsp3) is 0.400. The molecule has 0 aliphatic heterocycles. The molecule has 2 nitrogen and oxygen atoms in total. The van der Waals surface area contributed by atoms with Crippen molar-refractivity contribution in [3.63, 3.8) is 0 Å². The van der Waals surface area contributed by atoms with Crippen LogP contribution in [-0.2, 0) is 0 Å². The lowest BCUT2D eigenvalue weighted by atomic mass is 10.1. The summed E-state index contributed by atoms with van der Waals surface area (Å²) in [6.07, 6.45) is 4.18. The average molecular weight is 295 g/mol. The van der Waals surface area contributed by atoms with E-state index in [1.54, 1.807) is 0 Å². The zero-order chi connectivity index (χ0) is 15.7. The first-order valence-corrected chi connectivity index (χ1v) is 8.33. The van der Waals surface area contributed by atoms with E-state index in [2.05, 4.69) is 81.2 Å². The van der Waals surface area contributed by atoms with E-state index in [4.69, 9.17) is 0 Å². The molecule has 116 valence electrons. The summed E-state index contributed by atoms with van der Waals surface area (Å²) in [6.45, 7) is 2.28. The molecule has 0 saturated heterocycles. The maximum atomic E-state index is 2.57. The highest BCUT2D eigenvalue weighted by Crippen LogP contribution is 2.35. The first-order chi connectivity index (χ1) is 10.5. The number of rotatable bonds is 5. The summed E-state index contributed by atoms with van der Waals surface area (Å²) in [5, 5.41) is 2.74. The van der Waals surface area contributed by atoms with Crippen molar-refractivity contribution >= 4 is 21.8 Å². The van der Waals surface area contributed by atoms with Crippen LogP contribution < -0.4 is 0 Å². The minimum atomic E-state index is 0.463. The topological polar surface area (TPSA) is 4.93 Å². The van der Waals surface area contributed by atoms with Crippen LogP contribution in [0.4, 0.5) is 0 Å². The summed E-state index contributed by atoms with van der Waals surface area (Å²) < 4.78 is 3.52. The molecule has 3 aromatic rings. The molecule has 1 aromatic heterocycles. The number of para-hydroxylation sites is 2. The largest absolute Gasteiger partial charge is 0.311 e. The van der Waals surface area contributed by atoms with Crippen LogP contribution in [-0.4, -0.2) is 30.2 Å². The predicted molar refractivity (Wildman–Crippen MR) is 96.0 cm³/mol. The summed E-state index contributed by atoms with van der Waals surface area (Å²) in [5.74, 6) is 0. The number of aromatic nitrogens is 1. The van der Waals surface area contributed by atoms with E-state index in [1.165, 1.54) is 41.1 Å². The predicted octanol–water partition coefficient (Wildman–Crippen LogP) is 5.19. The third kappa shape index (κ3) is 2.52. The highest BCUT2D eigenvalue weighted by molar-refractivity contribution is 6.08. The highest BCUT2D eigenvalue weighted by Gasteiger charge is 2.28. The van der Waals surface area contributed by atoms with Gasteiger partial charge in [-0.1, -0.05) is 49.7 Å². The Morgan fingerprint density at radius 2 is 1.36 bits per heavy atom. The van der Waals surface area contributed by atoms with Crippen molar-refractivity contribution in [1.82, 2.24) is 4.57 Å². The summed E-state index contributed by atoms with van der Waals surface area (Å²) >= 11 is 0. The number of quaternary nitrogens is 1. The van der Waals surface area contributed by atoms with Gasteiger partial charge in [0.2, 0.25) is 0 Å². The van der Waals surface area contributed by atoms with Crippen LogP contribution in [0.1, 0.15) is 32.4 Å². The second-order valence-corrected chi connectivity index (χ2v) is 7.14. The summed E-state index contributed by atoms with van der Waals surface area (Å²) in [7, 11) is 6.93. The van der Waals surface area contributed by atoms with Gasteiger partial charge in [-0.3, -0.25) is 4.57 Å². The molecule has 0 aliphatic rings. The number of hydrogen-bond donors (Lipinski definition) is 0. The Morgan fingerprint density at radius 1 is 0.864 bits per heavy atom. The van der Waals surface area contributed by atoms with Crippen molar-refractivity contribution < 1.29 is 4.48 Å². The second-order valence-electron chi connectivity index (χ2n) is 7.14. The van der Waals surface area contributed by atoms with E-state index in [1.807, 2.05) is 0 Å². The molecule has 0 radical (unpaired) electrons. The van der Waals surface area contributed by atoms with E-state index < -0.39 is 0 Å². The van der Waals surface area contributed by atoms with Crippen molar-refractivity contribution in [2.45, 2.75) is 32.4 Å². The number of nitrogens with zero attached hydrogens (tertiary/aromatic N) is 2. The van der Waals surface area contributed by atoms with Crippen LogP contribution in [0, 0.1) is 0 Å². The first-order valence-electron chi connectivity index (χ1n) is 8.33. The first kappa shape index (κ1) is 15.1. The van der Waals surface area contributed by atoms with Crippen LogP contribution in [0.5, 0.6) is 0 Å². The van der Waals surface area contributed by atoms with E-state index >= 15 is 0 Å². The maximum absolute atomic E-state index is 2.57. The summed E-state index contributed by atoms with van der Waals surface area (Å²) in [4.78, 5) is 0. The van der Waals surface area contributed by atoms with E-state index in [9.17, 15) is 0 Å². The van der Waals surface area contributed by atoms with Gasteiger partial charge >= 0.3 is 0 Å². The third-order valence-corrected chi connectivity index (χ3v) is 4.63. The molecule has 1 heterocycles. The molecular formula is C20H27N2+. The fourth-order valence-electron chi connectivity index (χ4n) is 3.52. The van der Waals surface area contributed by atoms with Gasteiger partial charge in [-0.2, -0.15) is 0 Å². The molecule has 0 saturated carbocycles. The molecule has 0 aliphatic carbocycles. The fourth-order valence-corrected chi connectivity index (χ4v) is 3.52. The quantitative estimate of drug-likeness (QED) is 0.571. The van der Waals surface area contributed by atoms with Gasteiger partial charge in [0.05, 0.1) is 32.2 Å². The zero-order valence-electron chi connectivity index (χ0n) is 14.2. The number of benzene rings is 2. The lowest BCUT2D eigenvalue weighted by Crippen LogP contribution is -2.42. The molecule has 22 heavy (non-hydrogen) atoms. The standard InChI is InChI=1S/C20H27N2/c1-5-6-15-20(22(2,3)4)21-18-13-9-7-11-16(18)17-12-8-10-14-19(17)21/h7-14,20H,5-6,15H2,1-4H3/q+1. The lowest BCUT2D eigenvalue weighted by Gasteiger charge is -2.36. The normalized spacial score (nSPS) is 13.8. The molecule has 0 N–H and O–H groups in total. The molecule has 0 fully saturated rings. The highest BCUT2D eigenvalue weighted by atomic mass is 15.4. The van der Waals surface area contributed by atoms with Gasteiger partial charge in [-0.05, 0) is 18.6 Å². The van der Waals surface area contributed by atoms with Gasteiger partial charge < -0.3 is 4.48 Å². The Bertz CT molecular complexity index is 724. The molecular weight excluding hydrogens is 268 g/mol. The van der Waals surface area contributed by atoms with Crippen molar-refractivity contribution in [3.05, 3.63) is 48.5 Å². The molecule has 0 amide bonds. The molecule has 3 rings (SSSR count). The molecule has 1 unspecified atom stereocenters. The van der Waals surface area contributed by atoms with Crippen molar-refractivity contribution in [3.8, 4) is 0 Å². The molecule has 0 spiro atoms. The van der Waals surface area contributed by atoms with Crippen LogP contribution in [0.15, 0.2) is 48.5 Å². The van der Waals surface area contributed by atoms with Gasteiger partial charge in [0.1, 0.15) is 0 Å². The van der Waals surface area contributed by atoms with Gasteiger partial charge in [0.25, 0.3) is 0 Å². The Kier molecular flexibility index (Phi) is 3.96. The Balaban J connectivity index is 2.30. The second kappa shape index (κ2) is 5.77. The summed E-state index contributed by atoms with van der Waals surface area (Å²) in [6, 6.07) is 17.6. The van der Waals surface area contributed by atoms with E-state index in [0.717, 1.165) is 4.48 Å². The number of fused-ring (bicyclic) bond motifs is 3. The van der Waals surface area contributed by atoms with Crippen LogP contribution in [0.2, 0.25) is 0 Å². The maximum Gasteiger partial charge on any atom is 0.168 e. The zero-order valence-corrected chi connectivity index (χ0v) is 14.2. The van der Waals surface area contributed by atoms with E-state index in [-0.39, 0.29) is 0 Å². The van der Waals surface area contributed by atoms with Crippen molar-refractivity contribution in [2.75, 3.05) is 21.1 Å². The number of hydrogen-bond acceptors (Lipinski definition) is 0. The average Bonchev–Trinajstić information content (AvgIpc) is 2.82. The Hall–Kier alpha value is -1.80.